The van der Waals surface area contributed by atoms with Gasteiger partial charge in [0.15, 0.2) is 9.84 Å². The highest BCUT2D eigenvalue weighted by Crippen LogP contribution is 2.15. The summed E-state index contributed by atoms with van der Waals surface area (Å²) in [6.45, 7) is 10.3. The van der Waals surface area contributed by atoms with E-state index in [1.165, 1.54) is 0 Å². The fourth-order valence-electron chi connectivity index (χ4n) is 3.18. The first-order valence-corrected chi connectivity index (χ1v) is 9.96. The van der Waals surface area contributed by atoms with Gasteiger partial charge in [-0.05, 0) is 26.0 Å². The van der Waals surface area contributed by atoms with Gasteiger partial charge in [0.05, 0.1) is 11.5 Å². The van der Waals surface area contributed by atoms with Crippen molar-refractivity contribution in [1.82, 2.24) is 9.80 Å². The molecule has 1 fully saturated rings. The summed E-state index contributed by atoms with van der Waals surface area (Å²) >= 11 is 0. The Kier molecular flexibility index (Phi) is 6.01. The molecule has 0 amide bonds. The van der Waals surface area contributed by atoms with Gasteiger partial charge >= 0.3 is 0 Å². The molecule has 1 aliphatic rings. The molecule has 0 bridgehead atoms. The first-order chi connectivity index (χ1) is 10.4. The molecule has 5 heteroatoms. The Hall–Kier alpha value is -0.910. The molecule has 4 nitrogen and oxygen atoms in total. The van der Waals surface area contributed by atoms with E-state index < -0.39 is 9.84 Å². The zero-order chi connectivity index (χ0) is 16.2. The van der Waals surface area contributed by atoms with Crippen LogP contribution in [0.5, 0.6) is 0 Å². The predicted molar refractivity (Wildman–Crippen MR) is 91.7 cm³/mol. The Morgan fingerprint density at radius 2 is 1.64 bits per heavy atom. The van der Waals surface area contributed by atoms with Gasteiger partial charge in [0.1, 0.15) is 0 Å². The van der Waals surface area contributed by atoms with Crippen molar-refractivity contribution >= 4 is 9.84 Å². The summed E-state index contributed by atoms with van der Waals surface area (Å²) in [5.74, 6) is 0.387. The number of piperazine rings is 1. The van der Waals surface area contributed by atoms with Gasteiger partial charge < -0.3 is 0 Å². The van der Waals surface area contributed by atoms with E-state index in [0.717, 1.165) is 25.2 Å². The van der Waals surface area contributed by atoms with E-state index in [9.17, 15) is 8.42 Å². The first kappa shape index (κ1) is 17.4. The van der Waals surface area contributed by atoms with E-state index >= 15 is 0 Å². The molecule has 0 unspecified atom stereocenters. The SMILES string of the molecule is CCN1C[C@@H](C)N(CCS(=O)(=O)Cc2ccccc2)C[C@@H]1C. The van der Waals surface area contributed by atoms with E-state index in [1.807, 2.05) is 30.3 Å². The third-order valence-corrected chi connectivity index (χ3v) is 6.15. The van der Waals surface area contributed by atoms with Crippen molar-refractivity contribution in [2.24, 2.45) is 0 Å². The van der Waals surface area contributed by atoms with Crippen LogP contribution in [0.3, 0.4) is 0 Å². The van der Waals surface area contributed by atoms with Crippen LogP contribution in [0.2, 0.25) is 0 Å². The maximum Gasteiger partial charge on any atom is 0.155 e. The first-order valence-electron chi connectivity index (χ1n) is 8.13. The molecule has 0 aromatic heterocycles. The number of rotatable bonds is 6. The summed E-state index contributed by atoms with van der Waals surface area (Å²) in [5, 5.41) is 0. The van der Waals surface area contributed by atoms with Crippen molar-refractivity contribution in [1.29, 1.82) is 0 Å². The zero-order valence-corrected chi connectivity index (χ0v) is 14.7. The number of benzene rings is 1. The van der Waals surface area contributed by atoms with Gasteiger partial charge in [0.2, 0.25) is 0 Å². The minimum Gasteiger partial charge on any atom is -0.298 e. The molecule has 1 aromatic rings. The second-order valence-corrected chi connectivity index (χ2v) is 8.54. The van der Waals surface area contributed by atoms with Crippen LogP contribution in [0.1, 0.15) is 26.3 Å². The van der Waals surface area contributed by atoms with Crippen LogP contribution in [0, 0.1) is 0 Å². The number of likely N-dealkylation sites (N-methyl/N-ethyl adjacent to an activating group) is 1. The fourth-order valence-corrected chi connectivity index (χ4v) is 4.54. The third kappa shape index (κ3) is 4.80. The quantitative estimate of drug-likeness (QED) is 0.803. The van der Waals surface area contributed by atoms with Gasteiger partial charge in [-0.1, -0.05) is 37.3 Å². The summed E-state index contributed by atoms with van der Waals surface area (Å²) in [7, 11) is -3.05. The highest BCUT2D eigenvalue weighted by molar-refractivity contribution is 7.90. The van der Waals surface area contributed by atoms with Crippen LogP contribution in [0.25, 0.3) is 0 Å². The standard InChI is InChI=1S/C17H28N2O2S/c1-4-18-12-16(3)19(13-15(18)2)10-11-22(20,21)14-17-8-6-5-7-9-17/h5-9,15-16H,4,10-14H2,1-3H3/t15-,16+/m0/s1. The van der Waals surface area contributed by atoms with Gasteiger partial charge in [0, 0.05) is 31.7 Å². The second kappa shape index (κ2) is 7.57. The van der Waals surface area contributed by atoms with Crippen molar-refractivity contribution < 1.29 is 8.42 Å². The van der Waals surface area contributed by atoms with Crippen molar-refractivity contribution in [3.63, 3.8) is 0 Å². The van der Waals surface area contributed by atoms with E-state index in [2.05, 4.69) is 30.6 Å². The predicted octanol–water partition coefficient (Wildman–Crippen LogP) is 2.02. The summed E-state index contributed by atoms with van der Waals surface area (Å²) in [4.78, 5) is 4.78. The molecule has 1 aliphatic heterocycles. The van der Waals surface area contributed by atoms with Crippen molar-refractivity contribution in [3.8, 4) is 0 Å². The van der Waals surface area contributed by atoms with Crippen LogP contribution in [-0.4, -0.2) is 62.2 Å². The molecule has 124 valence electrons. The Morgan fingerprint density at radius 1 is 1.05 bits per heavy atom. The number of nitrogens with zero attached hydrogens (tertiary/aromatic N) is 2. The molecule has 0 saturated carbocycles. The summed E-state index contributed by atoms with van der Waals surface area (Å²) < 4.78 is 24.6. The average molecular weight is 324 g/mol. The summed E-state index contributed by atoms with van der Waals surface area (Å²) in [6.07, 6.45) is 0. The zero-order valence-electron chi connectivity index (χ0n) is 13.9. The minimum absolute atomic E-state index is 0.146. The summed E-state index contributed by atoms with van der Waals surface area (Å²) in [6, 6.07) is 10.4. The molecule has 2 rings (SSSR count). The molecule has 2 atom stereocenters. The van der Waals surface area contributed by atoms with Crippen LogP contribution >= 0.6 is 0 Å². The van der Waals surface area contributed by atoms with Crippen LogP contribution in [0.15, 0.2) is 30.3 Å². The maximum absolute atomic E-state index is 12.3. The molecular formula is C17H28N2O2S. The van der Waals surface area contributed by atoms with Gasteiger partial charge in [-0.25, -0.2) is 8.42 Å². The lowest BCUT2D eigenvalue weighted by Crippen LogP contribution is -2.56. The Morgan fingerprint density at radius 3 is 2.27 bits per heavy atom. The molecule has 0 aliphatic carbocycles. The van der Waals surface area contributed by atoms with Crippen LogP contribution < -0.4 is 0 Å². The van der Waals surface area contributed by atoms with E-state index in [-0.39, 0.29) is 11.5 Å². The van der Waals surface area contributed by atoms with E-state index in [1.54, 1.807) is 0 Å². The fraction of sp³-hybridized carbons (Fsp3) is 0.647. The van der Waals surface area contributed by atoms with Gasteiger partial charge in [-0.3, -0.25) is 9.80 Å². The monoisotopic (exact) mass is 324 g/mol. The minimum atomic E-state index is -3.05. The van der Waals surface area contributed by atoms with E-state index in [0.29, 0.717) is 18.6 Å². The Labute approximate surface area is 135 Å². The average Bonchev–Trinajstić information content (AvgIpc) is 2.48. The molecule has 1 aromatic carbocycles. The number of hydrogen-bond donors (Lipinski definition) is 0. The molecule has 1 saturated heterocycles. The molecule has 0 spiro atoms. The summed E-state index contributed by atoms with van der Waals surface area (Å²) in [5.41, 5.74) is 0.875. The van der Waals surface area contributed by atoms with Crippen molar-refractivity contribution in [2.45, 2.75) is 38.6 Å². The number of sulfone groups is 1. The van der Waals surface area contributed by atoms with Gasteiger partial charge in [-0.15, -0.1) is 0 Å². The molecule has 22 heavy (non-hydrogen) atoms. The Bertz CT molecular complexity index is 559. The third-order valence-electron chi connectivity index (χ3n) is 4.57. The molecule has 1 heterocycles. The highest BCUT2D eigenvalue weighted by Gasteiger charge is 2.28. The largest absolute Gasteiger partial charge is 0.298 e. The smallest absolute Gasteiger partial charge is 0.155 e. The van der Waals surface area contributed by atoms with Crippen LogP contribution in [-0.2, 0) is 15.6 Å². The molecule has 0 N–H and O–H groups in total. The van der Waals surface area contributed by atoms with Crippen molar-refractivity contribution in [2.75, 3.05) is 31.9 Å². The highest BCUT2D eigenvalue weighted by atomic mass is 32.2. The lowest BCUT2D eigenvalue weighted by Gasteiger charge is -2.43. The normalized spacial score (nSPS) is 24.5. The lowest BCUT2D eigenvalue weighted by molar-refractivity contribution is 0.0505. The topological polar surface area (TPSA) is 40.6 Å². The van der Waals surface area contributed by atoms with Gasteiger partial charge in [0.25, 0.3) is 0 Å². The molecular weight excluding hydrogens is 296 g/mol. The second-order valence-electron chi connectivity index (χ2n) is 6.36. The maximum atomic E-state index is 12.3. The lowest BCUT2D eigenvalue weighted by atomic mass is 10.1. The van der Waals surface area contributed by atoms with E-state index in [4.69, 9.17) is 0 Å². The molecule has 0 radical (unpaired) electrons. The Balaban J connectivity index is 1.89. The van der Waals surface area contributed by atoms with Crippen molar-refractivity contribution in [3.05, 3.63) is 35.9 Å². The number of hydrogen-bond acceptors (Lipinski definition) is 4. The van der Waals surface area contributed by atoms with Crippen LogP contribution in [0.4, 0.5) is 0 Å². The van der Waals surface area contributed by atoms with Gasteiger partial charge in [-0.2, -0.15) is 0 Å².